The van der Waals surface area contributed by atoms with Crippen LogP contribution in [-0.4, -0.2) is 13.0 Å². The van der Waals surface area contributed by atoms with Gasteiger partial charge in [0.15, 0.2) is 11.6 Å². The fraction of sp³-hybridized carbons (Fsp3) is 0.727. The third kappa shape index (κ3) is 6.69. The molecule has 2 fully saturated rings. The summed E-state index contributed by atoms with van der Waals surface area (Å²) in [5.74, 6) is 1.02. The van der Waals surface area contributed by atoms with E-state index in [-0.39, 0.29) is 22.1 Å². The van der Waals surface area contributed by atoms with Gasteiger partial charge in [0.25, 0.3) is 0 Å². The van der Waals surface area contributed by atoms with E-state index in [9.17, 15) is 17.6 Å². The second kappa shape index (κ2) is 11.6. The van der Waals surface area contributed by atoms with Crippen LogP contribution in [0.3, 0.4) is 0 Å². The predicted octanol–water partition coefficient (Wildman–Crippen LogP) is 8.05. The third-order valence-electron chi connectivity index (χ3n) is 5.98. The Hall–Kier alpha value is -1.26. The number of hydrogen-bond acceptors (Lipinski definition) is 1. The van der Waals surface area contributed by atoms with Gasteiger partial charge in [0, 0.05) is 2.85 Å². The quantitative estimate of drug-likeness (QED) is 0.471. The average Bonchev–Trinajstić information content (AvgIpc) is 2.64. The smallest absolute Gasteiger partial charge is 0.229 e. The molecule has 0 amide bonds. The van der Waals surface area contributed by atoms with Crippen molar-refractivity contribution in [3.63, 3.8) is 0 Å². The number of ether oxygens (including phenoxy) is 1. The van der Waals surface area contributed by atoms with Crippen molar-refractivity contribution in [3.8, 4) is 5.75 Å². The third-order valence-corrected chi connectivity index (χ3v) is 5.98. The topological polar surface area (TPSA) is 9.23 Å². The molecule has 0 bridgehead atoms. The molecule has 0 saturated heterocycles. The fourth-order valence-electron chi connectivity index (χ4n) is 4.33. The standard InChI is InChI=1S/C20H28F2O.CH2F2.CH4.2H2/c1-13-3-6-15(7-4-13)16-8-10-17(11-9-16)23-18-12-5-14(2)19(21)20(18)22;2-1-3;;;/h5,12-13,15-17H,3-4,6-11H2,1-2H3;1H2;1H4;2*1H. The average molecular weight is 395 g/mol. The number of aryl methyl sites for hydroxylation is 1. The minimum Gasteiger partial charge on any atom is -0.487 e. The molecule has 1 aromatic carbocycles. The summed E-state index contributed by atoms with van der Waals surface area (Å²) in [6, 6.07) is 3.14. The highest BCUT2D eigenvalue weighted by Crippen LogP contribution is 2.40. The van der Waals surface area contributed by atoms with Gasteiger partial charge in [-0.2, -0.15) is 4.39 Å². The van der Waals surface area contributed by atoms with Crippen LogP contribution in [0.2, 0.25) is 0 Å². The highest BCUT2D eigenvalue weighted by Gasteiger charge is 2.31. The van der Waals surface area contributed by atoms with E-state index >= 15 is 0 Å². The van der Waals surface area contributed by atoms with Crippen LogP contribution in [0.25, 0.3) is 0 Å². The van der Waals surface area contributed by atoms with Crippen LogP contribution >= 0.6 is 0 Å². The van der Waals surface area contributed by atoms with Crippen molar-refractivity contribution in [2.75, 3.05) is 6.93 Å². The molecule has 0 aromatic heterocycles. The van der Waals surface area contributed by atoms with Crippen molar-refractivity contribution in [2.24, 2.45) is 17.8 Å². The molecule has 0 atom stereocenters. The van der Waals surface area contributed by atoms with Gasteiger partial charge in [0.2, 0.25) is 12.7 Å². The number of halogens is 4. The second-order valence-corrected chi connectivity index (χ2v) is 7.78. The minimum atomic E-state index is -1.75. The Morgan fingerprint density at radius 1 is 0.889 bits per heavy atom. The summed E-state index contributed by atoms with van der Waals surface area (Å²) in [5, 5.41) is 0. The highest BCUT2D eigenvalue weighted by atomic mass is 19.3. The normalized spacial score (nSPS) is 27.8. The lowest BCUT2D eigenvalue weighted by molar-refractivity contribution is 0.0902. The van der Waals surface area contributed by atoms with Gasteiger partial charge in [-0.25, -0.2) is 13.2 Å². The van der Waals surface area contributed by atoms with E-state index in [2.05, 4.69) is 6.92 Å². The van der Waals surface area contributed by atoms with E-state index < -0.39 is 18.6 Å². The largest absolute Gasteiger partial charge is 0.487 e. The molecular weight excluding hydrogens is 356 g/mol. The first-order valence-electron chi connectivity index (χ1n) is 9.69. The molecule has 0 N–H and O–H groups in total. The second-order valence-electron chi connectivity index (χ2n) is 7.78. The van der Waals surface area contributed by atoms with Gasteiger partial charge >= 0.3 is 0 Å². The molecule has 27 heavy (non-hydrogen) atoms. The minimum absolute atomic E-state index is 0. The first-order chi connectivity index (χ1) is 12.5. The Morgan fingerprint density at radius 2 is 1.37 bits per heavy atom. The maximum atomic E-state index is 13.9. The summed E-state index contributed by atoms with van der Waals surface area (Å²) in [7, 11) is 0. The molecule has 3 rings (SSSR count). The summed E-state index contributed by atoms with van der Waals surface area (Å²) < 4.78 is 52.6. The molecule has 0 unspecified atom stereocenters. The van der Waals surface area contributed by atoms with Crippen LogP contribution in [0.15, 0.2) is 12.1 Å². The molecule has 0 spiro atoms. The molecule has 2 aliphatic carbocycles. The Labute approximate surface area is 164 Å². The number of rotatable bonds is 3. The van der Waals surface area contributed by atoms with Crippen LogP contribution < -0.4 is 4.74 Å². The van der Waals surface area contributed by atoms with E-state index in [1.165, 1.54) is 38.5 Å². The predicted molar refractivity (Wildman–Crippen MR) is 107 cm³/mol. The van der Waals surface area contributed by atoms with E-state index in [4.69, 9.17) is 4.74 Å². The summed E-state index contributed by atoms with van der Waals surface area (Å²) in [4.78, 5) is 0. The van der Waals surface area contributed by atoms with Crippen LogP contribution in [0.5, 0.6) is 5.75 Å². The van der Waals surface area contributed by atoms with Gasteiger partial charge < -0.3 is 4.74 Å². The fourth-order valence-corrected chi connectivity index (χ4v) is 4.33. The lowest BCUT2D eigenvalue weighted by Crippen LogP contribution is -2.29. The molecule has 2 saturated carbocycles. The van der Waals surface area contributed by atoms with E-state index in [0.717, 1.165) is 30.6 Å². The van der Waals surface area contributed by atoms with Crippen molar-refractivity contribution >= 4 is 0 Å². The lowest BCUT2D eigenvalue weighted by atomic mass is 9.71. The SMILES string of the molecule is C.Cc1ccc(OC2CCC(C3CCC(C)CC3)CC2)c(F)c1F.FCF.[HH].[HH]. The highest BCUT2D eigenvalue weighted by molar-refractivity contribution is 5.30. The van der Waals surface area contributed by atoms with Crippen molar-refractivity contribution in [3.05, 3.63) is 29.3 Å². The molecule has 1 aromatic rings. The lowest BCUT2D eigenvalue weighted by Gasteiger charge is -2.37. The Bertz CT molecular complexity index is 558. The molecule has 2 aliphatic rings. The van der Waals surface area contributed by atoms with Crippen molar-refractivity contribution in [1.29, 1.82) is 0 Å². The van der Waals surface area contributed by atoms with Gasteiger partial charge in [-0.1, -0.05) is 33.3 Å². The van der Waals surface area contributed by atoms with Crippen LogP contribution in [-0.2, 0) is 0 Å². The summed E-state index contributed by atoms with van der Waals surface area (Å²) in [6.45, 7) is 2.18. The van der Waals surface area contributed by atoms with Crippen molar-refractivity contribution < 1.29 is 25.2 Å². The molecule has 1 nitrogen and oxygen atoms in total. The van der Waals surface area contributed by atoms with E-state index in [1.54, 1.807) is 19.1 Å². The zero-order valence-electron chi connectivity index (χ0n) is 15.7. The number of hydrogen-bond donors (Lipinski definition) is 0. The summed E-state index contributed by atoms with van der Waals surface area (Å²) in [5.41, 5.74) is 0.324. The number of alkyl halides is 2. The van der Waals surface area contributed by atoms with Crippen LogP contribution in [0, 0.1) is 36.3 Å². The van der Waals surface area contributed by atoms with Gasteiger partial charge in [-0.05, 0) is 74.8 Å². The van der Waals surface area contributed by atoms with Gasteiger partial charge in [0.1, 0.15) is 0 Å². The monoisotopic (exact) mass is 394 g/mol. The Morgan fingerprint density at radius 3 is 1.89 bits per heavy atom. The van der Waals surface area contributed by atoms with Gasteiger partial charge in [0.05, 0.1) is 6.10 Å². The van der Waals surface area contributed by atoms with Crippen LogP contribution in [0.4, 0.5) is 17.6 Å². The molecule has 0 aliphatic heterocycles. The van der Waals surface area contributed by atoms with Crippen LogP contribution in [0.1, 0.15) is 74.1 Å². The first kappa shape index (κ1) is 23.8. The maximum Gasteiger partial charge on any atom is 0.229 e. The zero-order valence-corrected chi connectivity index (χ0v) is 15.7. The zero-order chi connectivity index (χ0) is 19.1. The van der Waals surface area contributed by atoms with Gasteiger partial charge in [-0.3, -0.25) is 0 Å². The van der Waals surface area contributed by atoms with Gasteiger partial charge in [-0.15, -0.1) is 0 Å². The molecule has 5 heteroatoms. The Balaban J connectivity index is 0. The first-order valence-corrected chi connectivity index (χ1v) is 9.69. The summed E-state index contributed by atoms with van der Waals surface area (Å²) in [6.07, 6.45) is 9.77. The molecule has 160 valence electrons. The maximum absolute atomic E-state index is 13.9. The van der Waals surface area contributed by atoms with Crippen molar-refractivity contribution in [2.45, 2.75) is 78.7 Å². The molecule has 0 radical (unpaired) electrons. The molecule has 0 heterocycles. The van der Waals surface area contributed by atoms with E-state index in [1.807, 2.05) is 0 Å². The van der Waals surface area contributed by atoms with E-state index in [0.29, 0.717) is 5.56 Å². The Kier molecular flexibility index (Phi) is 10.2. The molecular formula is C22H38F4O. The summed E-state index contributed by atoms with van der Waals surface area (Å²) >= 11 is 0. The van der Waals surface area contributed by atoms with Crippen molar-refractivity contribution in [1.82, 2.24) is 0 Å². The number of benzene rings is 1.